The van der Waals surface area contributed by atoms with Gasteiger partial charge in [0.25, 0.3) is 0 Å². The van der Waals surface area contributed by atoms with Crippen LogP contribution in [0.3, 0.4) is 0 Å². The molecule has 3 nitrogen and oxygen atoms in total. The Kier molecular flexibility index (Phi) is 9.36. The number of rotatable bonds is 10. The molecule has 1 heterocycles. The first-order valence-electron chi connectivity index (χ1n) is 11.1. The lowest BCUT2D eigenvalue weighted by atomic mass is 9.99. The van der Waals surface area contributed by atoms with Gasteiger partial charge in [-0.05, 0) is 42.0 Å². The summed E-state index contributed by atoms with van der Waals surface area (Å²) in [6.07, 6.45) is 12.6. The number of unbranched alkanes of at least 4 members (excludes halogenated alkanes) is 2. The molecule has 2 atom stereocenters. The van der Waals surface area contributed by atoms with Crippen LogP contribution in [-0.4, -0.2) is 26.1 Å². The fourth-order valence-electron chi connectivity index (χ4n) is 3.52. The van der Waals surface area contributed by atoms with Crippen molar-refractivity contribution < 1.29 is 14.2 Å². The Balaban J connectivity index is 1.48. The van der Waals surface area contributed by atoms with Gasteiger partial charge < -0.3 is 14.2 Å². The highest BCUT2D eigenvalue weighted by molar-refractivity contribution is 5.64. The van der Waals surface area contributed by atoms with E-state index in [0.717, 1.165) is 5.56 Å². The van der Waals surface area contributed by atoms with E-state index < -0.39 is 0 Å². The van der Waals surface area contributed by atoms with Crippen molar-refractivity contribution >= 4 is 0 Å². The molecule has 1 saturated heterocycles. The van der Waals surface area contributed by atoms with Crippen LogP contribution in [0.4, 0.5) is 0 Å². The zero-order valence-corrected chi connectivity index (χ0v) is 18.3. The molecule has 0 aliphatic carbocycles. The Hall–Kier alpha value is -2.20. The summed E-state index contributed by atoms with van der Waals surface area (Å²) in [6.45, 7) is 5.71. The van der Waals surface area contributed by atoms with Crippen LogP contribution in [0.1, 0.15) is 50.3 Å². The molecule has 3 heteroatoms. The van der Waals surface area contributed by atoms with Gasteiger partial charge in [-0.25, -0.2) is 0 Å². The minimum Gasteiger partial charge on any atom is -0.366 e. The van der Waals surface area contributed by atoms with Crippen LogP contribution in [0.5, 0.6) is 0 Å². The van der Waals surface area contributed by atoms with Crippen molar-refractivity contribution in [2.75, 3.05) is 19.8 Å². The van der Waals surface area contributed by atoms with Crippen LogP contribution in [-0.2, 0) is 20.6 Å². The third-order valence-corrected chi connectivity index (χ3v) is 5.32. The number of ether oxygens (including phenoxy) is 3. The van der Waals surface area contributed by atoms with Crippen molar-refractivity contribution in [1.29, 1.82) is 0 Å². The zero-order valence-electron chi connectivity index (χ0n) is 18.3. The summed E-state index contributed by atoms with van der Waals surface area (Å²) in [6, 6.07) is 17.6. The average Bonchev–Trinajstić information content (AvgIpc) is 2.80. The number of hydrogen-bond donors (Lipinski definition) is 0. The summed E-state index contributed by atoms with van der Waals surface area (Å²) in [7, 11) is 0. The van der Waals surface area contributed by atoms with Gasteiger partial charge in [0.05, 0.1) is 19.8 Å². The van der Waals surface area contributed by atoms with Gasteiger partial charge >= 0.3 is 0 Å². The lowest BCUT2D eigenvalue weighted by molar-refractivity contribution is -0.232. The Bertz CT molecular complexity index is 782. The molecule has 0 bridgehead atoms. The molecule has 2 aromatic carbocycles. The molecule has 1 aliphatic heterocycles. The Morgan fingerprint density at radius 3 is 2.27 bits per heavy atom. The molecule has 160 valence electrons. The third-order valence-electron chi connectivity index (χ3n) is 5.32. The molecule has 0 saturated carbocycles. The molecule has 0 unspecified atom stereocenters. The fraction of sp³-hybridized carbons (Fsp3) is 0.407. The number of hydrogen-bond acceptors (Lipinski definition) is 3. The molecule has 1 fully saturated rings. The number of allylic oxidation sites excluding steroid dienone is 3. The van der Waals surface area contributed by atoms with Crippen LogP contribution >= 0.6 is 0 Å². The first-order chi connectivity index (χ1) is 14.8. The van der Waals surface area contributed by atoms with Crippen LogP contribution in [0.15, 0.2) is 72.8 Å². The minimum absolute atomic E-state index is 0.0431. The van der Waals surface area contributed by atoms with Crippen molar-refractivity contribution in [1.82, 2.24) is 0 Å². The molecular formula is C27H34O3. The van der Waals surface area contributed by atoms with Gasteiger partial charge in [-0.1, -0.05) is 92.6 Å². The van der Waals surface area contributed by atoms with Crippen molar-refractivity contribution in [3.8, 4) is 11.1 Å². The van der Waals surface area contributed by atoms with Crippen molar-refractivity contribution in [2.24, 2.45) is 0 Å². The summed E-state index contributed by atoms with van der Waals surface area (Å²) in [5.74, 6) is 0. The minimum atomic E-state index is -0.299. The fourth-order valence-corrected chi connectivity index (χ4v) is 3.52. The van der Waals surface area contributed by atoms with Gasteiger partial charge in [-0.15, -0.1) is 0 Å². The van der Waals surface area contributed by atoms with Crippen molar-refractivity contribution in [3.05, 3.63) is 84.0 Å². The van der Waals surface area contributed by atoms with E-state index in [0.29, 0.717) is 19.8 Å². The molecule has 0 N–H and O–H groups in total. The summed E-state index contributed by atoms with van der Waals surface area (Å²) in [5.41, 5.74) is 5.04. The first kappa shape index (κ1) is 22.5. The van der Waals surface area contributed by atoms with E-state index in [4.69, 9.17) is 14.2 Å². The van der Waals surface area contributed by atoms with E-state index in [-0.39, 0.29) is 12.4 Å². The van der Waals surface area contributed by atoms with E-state index in [9.17, 15) is 0 Å². The maximum atomic E-state index is 5.97. The highest BCUT2D eigenvalue weighted by atomic mass is 16.7. The zero-order chi connectivity index (χ0) is 21.0. The van der Waals surface area contributed by atoms with Crippen LogP contribution < -0.4 is 0 Å². The van der Waals surface area contributed by atoms with E-state index >= 15 is 0 Å². The maximum Gasteiger partial charge on any atom is 0.181 e. The molecule has 30 heavy (non-hydrogen) atoms. The highest BCUT2D eigenvalue weighted by Crippen LogP contribution is 2.27. The predicted molar refractivity (Wildman–Crippen MR) is 123 cm³/mol. The summed E-state index contributed by atoms with van der Waals surface area (Å²) < 4.78 is 17.5. The summed E-state index contributed by atoms with van der Waals surface area (Å²) in [4.78, 5) is 0. The largest absolute Gasteiger partial charge is 0.366 e. The monoisotopic (exact) mass is 406 g/mol. The molecule has 0 radical (unpaired) electrons. The van der Waals surface area contributed by atoms with Gasteiger partial charge in [0, 0.05) is 0 Å². The smallest absolute Gasteiger partial charge is 0.181 e. The Morgan fingerprint density at radius 1 is 0.900 bits per heavy atom. The van der Waals surface area contributed by atoms with Crippen LogP contribution in [0, 0.1) is 0 Å². The lowest BCUT2D eigenvalue weighted by Gasteiger charge is -2.29. The van der Waals surface area contributed by atoms with E-state index in [1.54, 1.807) is 0 Å². The molecule has 0 spiro atoms. The SMILES string of the molecule is C/C=C/C=C/CO[C@@H]1CO[C@@H](c2ccc(-c3ccc(CCCCC)cc3)cc2)CO1. The molecule has 2 aromatic rings. The third kappa shape index (κ3) is 6.94. The standard InChI is InChI=1S/C27H34O3/c1-3-5-7-9-19-28-27-21-29-26(20-30-27)25-17-15-24(16-18-25)23-13-11-22(12-14-23)10-8-6-4-2/h3,5,7,9,11-18,26-27H,4,6,8,10,19-21H2,1-2H3/b5-3+,9-7+/t26-,27+/m1/s1. The predicted octanol–water partition coefficient (Wildman–Crippen LogP) is 6.65. The van der Waals surface area contributed by atoms with Crippen molar-refractivity contribution in [2.45, 2.75) is 51.9 Å². The van der Waals surface area contributed by atoms with Gasteiger partial charge in [0.2, 0.25) is 0 Å². The van der Waals surface area contributed by atoms with Gasteiger partial charge in [0.1, 0.15) is 6.10 Å². The van der Waals surface area contributed by atoms with Crippen LogP contribution in [0.25, 0.3) is 11.1 Å². The molecule has 0 aromatic heterocycles. The van der Waals surface area contributed by atoms with Gasteiger partial charge in [-0.2, -0.15) is 0 Å². The second-order valence-corrected chi connectivity index (χ2v) is 7.65. The lowest BCUT2D eigenvalue weighted by Crippen LogP contribution is -2.33. The molecular weight excluding hydrogens is 372 g/mol. The van der Waals surface area contributed by atoms with Crippen LogP contribution in [0.2, 0.25) is 0 Å². The number of benzene rings is 2. The molecule has 1 aliphatic rings. The molecule has 3 rings (SSSR count). The topological polar surface area (TPSA) is 27.7 Å². The normalized spacial score (nSPS) is 19.7. The van der Waals surface area contributed by atoms with E-state index in [1.165, 1.54) is 42.4 Å². The quantitative estimate of drug-likeness (QED) is 0.327. The summed E-state index contributed by atoms with van der Waals surface area (Å²) in [5, 5.41) is 0. The summed E-state index contributed by atoms with van der Waals surface area (Å²) >= 11 is 0. The second-order valence-electron chi connectivity index (χ2n) is 7.65. The van der Waals surface area contributed by atoms with Crippen molar-refractivity contribution in [3.63, 3.8) is 0 Å². The van der Waals surface area contributed by atoms with E-state index in [1.807, 2.05) is 31.2 Å². The Labute approximate surface area is 181 Å². The second kappa shape index (κ2) is 12.5. The molecule has 0 amide bonds. The van der Waals surface area contributed by atoms with Gasteiger partial charge in [0.15, 0.2) is 6.29 Å². The maximum absolute atomic E-state index is 5.97. The highest BCUT2D eigenvalue weighted by Gasteiger charge is 2.23. The van der Waals surface area contributed by atoms with E-state index in [2.05, 4.69) is 55.5 Å². The number of aryl methyl sites for hydroxylation is 1. The van der Waals surface area contributed by atoms with Gasteiger partial charge in [-0.3, -0.25) is 0 Å². The first-order valence-corrected chi connectivity index (χ1v) is 11.1. The average molecular weight is 407 g/mol. The Morgan fingerprint density at radius 2 is 1.63 bits per heavy atom.